The van der Waals surface area contributed by atoms with Gasteiger partial charge in [0.2, 0.25) is 0 Å². The molecule has 9 heteroatoms. The molecular formula is C10H14ClN3O4S. The maximum Gasteiger partial charge on any atom is 0.306 e. The molecule has 0 atom stereocenters. The maximum absolute atomic E-state index is 11.9. The summed E-state index contributed by atoms with van der Waals surface area (Å²) in [5.41, 5.74) is 0.175. The molecule has 1 N–H and O–H groups in total. The van der Waals surface area contributed by atoms with Crippen molar-refractivity contribution in [2.45, 2.75) is 6.42 Å². The quantitative estimate of drug-likeness (QED) is 0.623. The van der Waals surface area contributed by atoms with Gasteiger partial charge in [-0.15, -0.1) is 0 Å². The number of anilines is 1. The van der Waals surface area contributed by atoms with Crippen molar-refractivity contribution in [3.05, 3.63) is 23.5 Å². The molecular weight excluding hydrogens is 294 g/mol. The first kappa shape index (κ1) is 15.7. The van der Waals surface area contributed by atoms with Crippen molar-refractivity contribution in [2.75, 3.05) is 25.4 Å². The van der Waals surface area contributed by atoms with E-state index < -0.39 is 16.2 Å². The predicted octanol–water partition coefficient (Wildman–Crippen LogP) is 0.887. The molecule has 0 amide bonds. The second-order valence-electron chi connectivity index (χ2n) is 3.60. The molecule has 0 bridgehead atoms. The Morgan fingerprint density at radius 1 is 1.58 bits per heavy atom. The number of methoxy groups -OCH3 is 1. The number of rotatable bonds is 6. The van der Waals surface area contributed by atoms with Crippen LogP contribution in [0.25, 0.3) is 0 Å². The van der Waals surface area contributed by atoms with Crippen molar-refractivity contribution in [1.29, 1.82) is 0 Å². The van der Waals surface area contributed by atoms with Gasteiger partial charge in [0.15, 0.2) is 5.15 Å². The summed E-state index contributed by atoms with van der Waals surface area (Å²) in [6.07, 6.45) is 1.41. The third-order valence-electron chi connectivity index (χ3n) is 2.27. The van der Waals surface area contributed by atoms with E-state index in [0.29, 0.717) is 0 Å². The van der Waals surface area contributed by atoms with Gasteiger partial charge in [-0.05, 0) is 12.1 Å². The topological polar surface area (TPSA) is 88.6 Å². The number of carbonyl (C=O) groups excluding carboxylic acids is 1. The Labute approximate surface area is 116 Å². The number of carbonyl (C=O) groups is 1. The monoisotopic (exact) mass is 307 g/mol. The van der Waals surface area contributed by atoms with Crippen LogP contribution in [0, 0.1) is 0 Å². The highest BCUT2D eigenvalue weighted by molar-refractivity contribution is 7.90. The van der Waals surface area contributed by atoms with Crippen LogP contribution in [0.1, 0.15) is 6.42 Å². The molecule has 0 aromatic carbocycles. The third kappa shape index (κ3) is 4.66. The van der Waals surface area contributed by atoms with Crippen LogP contribution in [0.2, 0.25) is 5.15 Å². The van der Waals surface area contributed by atoms with Gasteiger partial charge in [0, 0.05) is 19.8 Å². The predicted molar refractivity (Wildman–Crippen MR) is 71.1 cm³/mol. The van der Waals surface area contributed by atoms with Crippen LogP contribution in [-0.4, -0.2) is 44.4 Å². The smallest absolute Gasteiger partial charge is 0.306 e. The van der Waals surface area contributed by atoms with Gasteiger partial charge < -0.3 is 4.74 Å². The first-order valence-corrected chi connectivity index (χ1v) is 7.10. The fourth-order valence-corrected chi connectivity index (χ4v) is 2.30. The average molecular weight is 308 g/mol. The van der Waals surface area contributed by atoms with Crippen molar-refractivity contribution < 1.29 is 17.9 Å². The zero-order valence-electron chi connectivity index (χ0n) is 10.5. The van der Waals surface area contributed by atoms with Crippen molar-refractivity contribution in [3.8, 4) is 0 Å². The highest BCUT2D eigenvalue weighted by Gasteiger charge is 2.19. The van der Waals surface area contributed by atoms with E-state index in [9.17, 15) is 13.2 Å². The number of esters is 1. The Morgan fingerprint density at radius 2 is 2.26 bits per heavy atom. The number of pyridine rings is 1. The molecule has 0 fully saturated rings. The van der Waals surface area contributed by atoms with Crippen molar-refractivity contribution in [1.82, 2.24) is 9.29 Å². The molecule has 7 nitrogen and oxygen atoms in total. The fraction of sp³-hybridized carbons (Fsp3) is 0.400. The third-order valence-corrected chi connectivity index (χ3v) is 4.05. The number of halogens is 1. The van der Waals surface area contributed by atoms with Crippen molar-refractivity contribution in [3.63, 3.8) is 0 Å². The van der Waals surface area contributed by atoms with Gasteiger partial charge in [0.05, 0.1) is 19.2 Å². The van der Waals surface area contributed by atoms with Crippen LogP contribution < -0.4 is 4.72 Å². The van der Waals surface area contributed by atoms with Crippen LogP contribution in [0.4, 0.5) is 5.69 Å². The summed E-state index contributed by atoms with van der Waals surface area (Å²) in [6.45, 7) is -0.000111. The van der Waals surface area contributed by atoms with E-state index >= 15 is 0 Å². The van der Waals surface area contributed by atoms with E-state index in [1.54, 1.807) is 6.07 Å². The Hall–Kier alpha value is -1.38. The van der Waals surface area contributed by atoms with E-state index in [-0.39, 0.29) is 23.8 Å². The molecule has 0 spiro atoms. The average Bonchev–Trinajstić information content (AvgIpc) is 2.37. The zero-order chi connectivity index (χ0) is 14.5. The lowest BCUT2D eigenvalue weighted by atomic mass is 10.4. The van der Waals surface area contributed by atoms with Crippen LogP contribution in [-0.2, 0) is 19.7 Å². The zero-order valence-corrected chi connectivity index (χ0v) is 12.0. The fourth-order valence-electron chi connectivity index (χ4n) is 1.15. The molecule has 106 valence electrons. The molecule has 0 radical (unpaired) electrons. The Kier molecular flexibility index (Phi) is 5.52. The van der Waals surface area contributed by atoms with Gasteiger partial charge in [0.25, 0.3) is 0 Å². The molecule has 0 aliphatic carbocycles. The molecule has 0 aliphatic rings. The Bertz CT molecular complexity index is 549. The summed E-state index contributed by atoms with van der Waals surface area (Å²) in [5, 5.41) is 0.0486. The molecule has 19 heavy (non-hydrogen) atoms. The number of nitrogens with zero attached hydrogens (tertiary/aromatic N) is 2. The lowest BCUT2D eigenvalue weighted by Crippen LogP contribution is -2.34. The lowest BCUT2D eigenvalue weighted by molar-refractivity contribution is -0.140. The van der Waals surface area contributed by atoms with E-state index in [2.05, 4.69) is 14.4 Å². The van der Waals surface area contributed by atoms with Crippen LogP contribution >= 0.6 is 11.6 Å². The molecule has 0 saturated carbocycles. The van der Waals surface area contributed by atoms with Gasteiger partial charge in [-0.1, -0.05) is 11.6 Å². The first-order chi connectivity index (χ1) is 8.86. The minimum atomic E-state index is -3.79. The Morgan fingerprint density at radius 3 is 2.84 bits per heavy atom. The number of hydrogen-bond acceptors (Lipinski definition) is 5. The molecule has 0 unspecified atom stereocenters. The minimum absolute atomic E-state index is 0.000111. The Balaban J connectivity index is 2.70. The molecule has 1 rings (SSSR count). The van der Waals surface area contributed by atoms with Crippen LogP contribution in [0.5, 0.6) is 0 Å². The summed E-state index contributed by atoms with van der Waals surface area (Å²) in [7, 11) is -1.21. The number of nitrogens with one attached hydrogen (secondary N) is 1. The van der Waals surface area contributed by atoms with E-state index in [4.69, 9.17) is 11.6 Å². The van der Waals surface area contributed by atoms with E-state index in [1.165, 1.54) is 26.4 Å². The summed E-state index contributed by atoms with van der Waals surface area (Å²) in [6, 6.07) is 3.04. The number of ether oxygens (including phenoxy) is 1. The van der Waals surface area contributed by atoms with Gasteiger partial charge in [-0.25, -0.2) is 4.98 Å². The summed E-state index contributed by atoms with van der Waals surface area (Å²) < 4.78 is 31.6. The molecule has 1 aromatic rings. The van der Waals surface area contributed by atoms with Gasteiger partial charge in [-0.2, -0.15) is 12.7 Å². The first-order valence-electron chi connectivity index (χ1n) is 5.28. The van der Waals surface area contributed by atoms with Gasteiger partial charge >= 0.3 is 16.2 Å². The highest BCUT2D eigenvalue weighted by atomic mass is 35.5. The summed E-state index contributed by atoms with van der Waals surface area (Å²) in [5.74, 6) is -0.485. The van der Waals surface area contributed by atoms with Gasteiger partial charge in [-0.3, -0.25) is 9.52 Å². The molecule has 0 aliphatic heterocycles. The van der Waals surface area contributed by atoms with Gasteiger partial charge in [0.1, 0.15) is 0 Å². The van der Waals surface area contributed by atoms with Crippen molar-refractivity contribution in [2.24, 2.45) is 0 Å². The second kappa shape index (κ2) is 6.69. The van der Waals surface area contributed by atoms with E-state index in [0.717, 1.165) is 4.31 Å². The second-order valence-corrected chi connectivity index (χ2v) is 5.73. The molecule has 1 heterocycles. The summed E-state index contributed by atoms with van der Waals surface area (Å²) in [4.78, 5) is 14.7. The van der Waals surface area contributed by atoms with Crippen molar-refractivity contribution >= 4 is 33.5 Å². The SMILES string of the molecule is COC(=O)CCN(C)S(=O)(=O)Nc1cccnc1Cl. The maximum atomic E-state index is 11.9. The normalized spacial score (nSPS) is 11.4. The molecule has 0 saturated heterocycles. The number of aromatic nitrogens is 1. The molecule has 1 aromatic heterocycles. The minimum Gasteiger partial charge on any atom is -0.469 e. The van der Waals surface area contributed by atoms with E-state index in [1.807, 2.05) is 0 Å². The standard InChI is InChI=1S/C10H14ClN3O4S/c1-14(7-5-9(15)18-2)19(16,17)13-8-4-3-6-12-10(8)11/h3-4,6,13H,5,7H2,1-2H3. The van der Waals surface area contributed by atoms with Crippen LogP contribution in [0.15, 0.2) is 18.3 Å². The van der Waals surface area contributed by atoms with Crippen LogP contribution in [0.3, 0.4) is 0 Å². The highest BCUT2D eigenvalue weighted by Crippen LogP contribution is 2.19. The largest absolute Gasteiger partial charge is 0.469 e. The lowest BCUT2D eigenvalue weighted by Gasteiger charge is -2.17. The summed E-state index contributed by atoms with van der Waals surface area (Å²) >= 11 is 5.75. The number of hydrogen-bond donors (Lipinski definition) is 1.